The van der Waals surface area contributed by atoms with E-state index in [-0.39, 0.29) is 18.4 Å². The lowest BCUT2D eigenvalue weighted by Gasteiger charge is -2.09. The third kappa shape index (κ3) is 4.11. The van der Waals surface area contributed by atoms with Gasteiger partial charge in [-0.15, -0.1) is 0 Å². The summed E-state index contributed by atoms with van der Waals surface area (Å²) in [6, 6.07) is 14.6. The van der Waals surface area contributed by atoms with Gasteiger partial charge >= 0.3 is 0 Å². The van der Waals surface area contributed by atoms with Crippen molar-refractivity contribution in [2.45, 2.75) is 27.3 Å². The Morgan fingerprint density at radius 2 is 1.68 bits per heavy atom. The van der Waals surface area contributed by atoms with Crippen LogP contribution in [-0.4, -0.2) is 22.6 Å². The summed E-state index contributed by atoms with van der Waals surface area (Å²) in [5.41, 5.74) is 3.43. The van der Waals surface area contributed by atoms with Gasteiger partial charge < -0.3 is 15.6 Å². The number of para-hydroxylation sites is 1. The largest absolute Gasteiger partial charge is 0.358 e. The molecule has 0 aliphatic heterocycles. The summed E-state index contributed by atoms with van der Waals surface area (Å²) >= 11 is 0. The van der Waals surface area contributed by atoms with Crippen LogP contribution in [-0.2, 0) is 16.1 Å². The third-order valence-electron chi connectivity index (χ3n) is 4.53. The molecule has 2 amide bonds. The number of carbonyl (C=O) groups is 3. The Hall–Kier alpha value is -3.41. The Morgan fingerprint density at radius 3 is 2.36 bits per heavy atom. The van der Waals surface area contributed by atoms with Gasteiger partial charge in [-0.25, -0.2) is 0 Å². The van der Waals surface area contributed by atoms with Crippen molar-refractivity contribution in [1.82, 2.24) is 10.3 Å². The highest BCUT2D eigenvalue weighted by atomic mass is 16.2. The van der Waals surface area contributed by atoms with Gasteiger partial charge in [-0.1, -0.05) is 44.2 Å². The summed E-state index contributed by atoms with van der Waals surface area (Å²) in [6.45, 7) is 5.66. The molecule has 6 heteroatoms. The molecule has 3 N–H and O–H groups in total. The topological polar surface area (TPSA) is 91.1 Å². The Kier molecular flexibility index (Phi) is 5.59. The van der Waals surface area contributed by atoms with Crippen LogP contribution in [0.15, 0.2) is 48.5 Å². The maximum Gasteiger partial charge on any atom is 0.292 e. The monoisotopic (exact) mass is 377 g/mol. The molecule has 0 atom stereocenters. The van der Waals surface area contributed by atoms with Crippen molar-refractivity contribution in [1.29, 1.82) is 0 Å². The number of nitrogens with one attached hydrogen (secondary N) is 3. The molecule has 0 aliphatic rings. The fourth-order valence-electron chi connectivity index (χ4n) is 2.94. The van der Waals surface area contributed by atoms with E-state index in [1.54, 1.807) is 31.2 Å². The number of hydrogen-bond donors (Lipinski definition) is 3. The number of ketones is 1. The molecular weight excluding hydrogens is 354 g/mol. The Labute approximate surface area is 163 Å². The molecule has 0 spiro atoms. The van der Waals surface area contributed by atoms with Gasteiger partial charge in [0, 0.05) is 34.7 Å². The number of carbonyl (C=O) groups excluding carboxylic acids is 3. The molecule has 0 fully saturated rings. The highest BCUT2D eigenvalue weighted by Gasteiger charge is 2.22. The van der Waals surface area contributed by atoms with Gasteiger partial charge in [0.15, 0.2) is 0 Å². The average molecular weight is 377 g/mol. The quantitative estimate of drug-likeness (QED) is 0.453. The van der Waals surface area contributed by atoms with Gasteiger partial charge in [-0.05, 0) is 30.7 Å². The van der Waals surface area contributed by atoms with Gasteiger partial charge in [0.2, 0.25) is 5.91 Å². The van der Waals surface area contributed by atoms with Crippen LogP contribution in [0.2, 0.25) is 0 Å². The van der Waals surface area contributed by atoms with Crippen LogP contribution in [0.5, 0.6) is 0 Å². The van der Waals surface area contributed by atoms with E-state index < -0.39 is 11.7 Å². The second kappa shape index (κ2) is 8.08. The Morgan fingerprint density at radius 1 is 1.00 bits per heavy atom. The summed E-state index contributed by atoms with van der Waals surface area (Å²) in [7, 11) is 0. The number of amides is 2. The SMILES string of the molecule is Cc1[nH]c2ccccc2c1C(=O)C(=O)NCc1ccc(NC(=O)C(C)C)cc1. The molecular formula is C22H23N3O3. The predicted molar refractivity (Wildman–Crippen MR) is 109 cm³/mol. The second-order valence-corrected chi connectivity index (χ2v) is 7.02. The summed E-state index contributed by atoms with van der Waals surface area (Å²) in [5, 5.41) is 6.22. The average Bonchev–Trinajstić information content (AvgIpc) is 3.02. The Bertz CT molecular complexity index is 1030. The number of H-pyrrole nitrogens is 1. The van der Waals surface area contributed by atoms with Crippen LogP contribution < -0.4 is 10.6 Å². The number of aromatic nitrogens is 1. The van der Waals surface area contributed by atoms with E-state index in [0.717, 1.165) is 16.5 Å². The van der Waals surface area contributed by atoms with E-state index in [9.17, 15) is 14.4 Å². The lowest BCUT2D eigenvalue weighted by atomic mass is 10.1. The molecule has 0 unspecified atom stereocenters. The van der Waals surface area contributed by atoms with E-state index in [1.807, 2.05) is 38.1 Å². The summed E-state index contributed by atoms with van der Waals surface area (Å²) in [5.74, 6) is -1.36. The number of fused-ring (bicyclic) bond motifs is 1. The molecule has 0 radical (unpaired) electrons. The number of rotatable bonds is 6. The third-order valence-corrected chi connectivity index (χ3v) is 4.53. The van der Waals surface area contributed by atoms with Crippen LogP contribution in [0.1, 0.15) is 35.5 Å². The van der Waals surface area contributed by atoms with Crippen molar-refractivity contribution in [3.8, 4) is 0 Å². The second-order valence-electron chi connectivity index (χ2n) is 7.02. The number of hydrogen-bond acceptors (Lipinski definition) is 3. The summed E-state index contributed by atoms with van der Waals surface area (Å²) < 4.78 is 0. The van der Waals surface area contributed by atoms with Crippen LogP contribution in [0.3, 0.4) is 0 Å². The first-order valence-electron chi connectivity index (χ1n) is 9.16. The minimum atomic E-state index is -0.648. The molecule has 28 heavy (non-hydrogen) atoms. The van der Waals surface area contributed by atoms with Crippen LogP contribution in [0.25, 0.3) is 10.9 Å². The first kappa shape index (κ1) is 19.4. The standard InChI is InChI=1S/C22H23N3O3/c1-13(2)21(27)25-16-10-8-15(9-11-16)12-23-22(28)20(26)19-14(3)24-18-7-5-4-6-17(18)19/h4-11,13,24H,12H2,1-3H3,(H,23,28)(H,25,27). The lowest BCUT2D eigenvalue weighted by Crippen LogP contribution is -2.30. The van der Waals surface area contributed by atoms with Crippen molar-refractivity contribution >= 4 is 34.2 Å². The van der Waals surface area contributed by atoms with Gasteiger partial charge in [-0.2, -0.15) is 0 Å². The molecule has 0 saturated carbocycles. The highest BCUT2D eigenvalue weighted by molar-refractivity contribution is 6.45. The molecule has 2 aromatic carbocycles. The zero-order valence-electron chi connectivity index (χ0n) is 16.1. The van der Waals surface area contributed by atoms with Crippen LogP contribution >= 0.6 is 0 Å². The molecule has 1 aromatic heterocycles. The summed E-state index contributed by atoms with van der Waals surface area (Å²) in [6.07, 6.45) is 0. The van der Waals surface area contributed by atoms with Crippen molar-refractivity contribution in [2.75, 3.05) is 5.32 Å². The van der Waals surface area contributed by atoms with Crippen LogP contribution in [0, 0.1) is 12.8 Å². The molecule has 144 valence electrons. The molecule has 3 aromatic rings. The number of aryl methyl sites for hydroxylation is 1. The van der Waals surface area contributed by atoms with Crippen molar-refractivity contribution < 1.29 is 14.4 Å². The molecule has 0 bridgehead atoms. The fourth-order valence-corrected chi connectivity index (χ4v) is 2.94. The van der Waals surface area contributed by atoms with E-state index >= 15 is 0 Å². The molecule has 3 rings (SSSR count). The normalized spacial score (nSPS) is 10.9. The Balaban J connectivity index is 1.64. The van der Waals surface area contributed by atoms with Gasteiger partial charge in [0.1, 0.15) is 0 Å². The first-order chi connectivity index (χ1) is 13.4. The molecule has 6 nitrogen and oxygen atoms in total. The van der Waals surface area contributed by atoms with Crippen molar-refractivity contribution in [2.24, 2.45) is 5.92 Å². The minimum absolute atomic E-state index is 0.0549. The number of benzene rings is 2. The van der Waals surface area contributed by atoms with Crippen LogP contribution in [0.4, 0.5) is 5.69 Å². The maximum atomic E-state index is 12.6. The maximum absolute atomic E-state index is 12.6. The van der Waals surface area contributed by atoms with Gasteiger partial charge in [-0.3, -0.25) is 14.4 Å². The zero-order chi connectivity index (χ0) is 20.3. The lowest BCUT2D eigenvalue weighted by molar-refractivity contribution is -0.119. The number of Topliss-reactive ketones (excluding diaryl/α,β-unsaturated/α-hetero) is 1. The highest BCUT2D eigenvalue weighted by Crippen LogP contribution is 2.22. The van der Waals surface area contributed by atoms with Crippen molar-refractivity contribution in [3.05, 3.63) is 65.4 Å². The number of aromatic amines is 1. The molecule has 1 heterocycles. The first-order valence-corrected chi connectivity index (χ1v) is 9.16. The predicted octanol–water partition coefficient (Wildman–Crippen LogP) is 3.57. The van der Waals surface area contributed by atoms with Crippen molar-refractivity contribution in [3.63, 3.8) is 0 Å². The summed E-state index contributed by atoms with van der Waals surface area (Å²) in [4.78, 5) is 39.8. The van der Waals surface area contributed by atoms with E-state index in [0.29, 0.717) is 16.9 Å². The van der Waals surface area contributed by atoms with E-state index in [1.165, 1.54) is 0 Å². The molecule has 0 aliphatic carbocycles. The fraction of sp³-hybridized carbons (Fsp3) is 0.227. The van der Waals surface area contributed by atoms with Gasteiger partial charge in [0.05, 0.1) is 5.56 Å². The van der Waals surface area contributed by atoms with E-state index in [4.69, 9.17) is 0 Å². The zero-order valence-corrected chi connectivity index (χ0v) is 16.1. The number of anilines is 1. The molecule has 0 saturated heterocycles. The minimum Gasteiger partial charge on any atom is -0.358 e. The van der Waals surface area contributed by atoms with E-state index in [2.05, 4.69) is 15.6 Å². The smallest absolute Gasteiger partial charge is 0.292 e. The van der Waals surface area contributed by atoms with Gasteiger partial charge in [0.25, 0.3) is 11.7 Å².